The molecular weight excluding hydrogens is 420 g/mol. The van der Waals surface area contributed by atoms with Gasteiger partial charge in [-0.3, -0.25) is 9.10 Å². The Kier molecular flexibility index (Phi) is 5.54. The van der Waals surface area contributed by atoms with Crippen LogP contribution in [0.25, 0.3) is 0 Å². The summed E-state index contributed by atoms with van der Waals surface area (Å²) in [6, 6.07) is 18.9. The predicted molar refractivity (Wildman–Crippen MR) is 120 cm³/mol. The van der Waals surface area contributed by atoms with Crippen LogP contribution in [0, 0.1) is 6.92 Å². The van der Waals surface area contributed by atoms with E-state index in [0.717, 1.165) is 24.0 Å². The monoisotopic (exact) mass is 440 g/mol. The van der Waals surface area contributed by atoms with Crippen LogP contribution >= 0.6 is 11.6 Å². The molecule has 0 radical (unpaired) electrons. The number of halogens is 1. The number of hydrogen-bond donors (Lipinski definition) is 1. The smallest absolute Gasteiger partial charge is 0.264 e. The van der Waals surface area contributed by atoms with Crippen LogP contribution in [-0.4, -0.2) is 20.9 Å². The number of anilines is 2. The lowest BCUT2D eigenvalue weighted by molar-refractivity contribution is 0.102. The number of nitrogens with one attached hydrogen (secondary N) is 1. The van der Waals surface area contributed by atoms with Crippen LogP contribution in [0.2, 0.25) is 5.02 Å². The molecule has 0 unspecified atom stereocenters. The van der Waals surface area contributed by atoms with Crippen molar-refractivity contribution in [3.8, 4) is 0 Å². The van der Waals surface area contributed by atoms with E-state index >= 15 is 0 Å². The quantitative estimate of drug-likeness (QED) is 0.617. The first-order valence-corrected chi connectivity index (χ1v) is 11.5. The molecule has 0 spiro atoms. The van der Waals surface area contributed by atoms with Crippen molar-refractivity contribution in [2.75, 3.05) is 16.2 Å². The van der Waals surface area contributed by atoms with Gasteiger partial charge in [-0.05, 0) is 67.3 Å². The van der Waals surface area contributed by atoms with Crippen molar-refractivity contribution >= 4 is 38.9 Å². The number of amides is 1. The van der Waals surface area contributed by atoms with Gasteiger partial charge >= 0.3 is 0 Å². The van der Waals surface area contributed by atoms with Crippen molar-refractivity contribution in [2.45, 2.75) is 24.7 Å². The molecule has 0 saturated heterocycles. The van der Waals surface area contributed by atoms with Crippen LogP contribution in [0.5, 0.6) is 0 Å². The first-order valence-electron chi connectivity index (χ1n) is 9.64. The molecule has 1 amide bonds. The van der Waals surface area contributed by atoms with Crippen LogP contribution in [0.4, 0.5) is 11.4 Å². The summed E-state index contributed by atoms with van der Waals surface area (Å²) in [5.41, 5.74) is 3.43. The van der Waals surface area contributed by atoms with Gasteiger partial charge < -0.3 is 5.32 Å². The van der Waals surface area contributed by atoms with Gasteiger partial charge in [-0.25, -0.2) is 8.42 Å². The lowest BCUT2D eigenvalue weighted by Gasteiger charge is -2.30. The summed E-state index contributed by atoms with van der Waals surface area (Å²) in [4.78, 5) is 12.9. The second-order valence-electron chi connectivity index (χ2n) is 7.25. The molecule has 30 heavy (non-hydrogen) atoms. The Hall–Kier alpha value is -2.83. The molecule has 0 atom stereocenters. The fourth-order valence-corrected chi connectivity index (χ4v) is 5.36. The molecule has 1 N–H and O–H groups in total. The normalized spacial score (nSPS) is 13.6. The molecule has 0 bridgehead atoms. The summed E-state index contributed by atoms with van der Waals surface area (Å²) in [6.07, 6.45) is 1.61. The van der Waals surface area contributed by atoms with Crippen molar-refractivity contribution in [1.82, 2.24) is 0 Å². The minimum absolute atomic E-state index is 0.0923. The summed E-state index contributed by atoms with van der Waals surface area (Å²) in [5.74, 6) is -0.392. The summed E-state index contributed by atoms with van der Waals surface area (Å²) in [7, 11) is -3.79. The number of carbonyl (C=O) groups excluding carboxylic acids is 1. The highest BCUT2D eigenvalue weighted by Gasteiger charge is 2.29. The topological polar surface area (TPSA) is 66.5 Å². The van der Waals surface area contributed by atoms with E-state index in [1.54, 1.807) is 24.3 Å². The largest absolute Gasteiger partial charge is 0.322 e. The van der Waals surface area contributed by atoms with Crippen molar-refractivity contribution < 1.29 is 13.2 Å². The van der Waals surface area contributed by atoms with Gasteiger partial charge in [0, 0.05) is 22.8 Å². The van der Waals surface area contributed by atoms with Crippen molar-refractivity contribution in [3.63, 3.8) is 0 Å². The number of benzene rings is 3. The fraction of sp³-hybridized carbons (Fsp3) is 0.174. The molecule has 5 nitrogen and oxygen atoms in total. The van der Waals surface area contributed by atoms with E-state index in [-0.39, 0.29) is 10.5 Å². The Morgan fingerprint density at radius 3 is 2.67 bits per heavy atom. The Labute approximate surface area is 181 Å². The molecule has 1 aliphatic rings. The number of aryl methyl sites for hydroxylation is 2. The second-order valence-corrected chi connectivity index (χ2v) is 9.55. The third kappa shape index (κ3) is 3.93. The highest BCUT2D eigenvalue weighted by atomic mass is 35.5. The van der Waals surface area contributed by atoms with E-state index in [1.165, 1.54) is 16.4 Å². The maximum Gasteiger partial charge on any atom is 0.264 e. The van der Waals surface area contributed by atoms with Crippen molar-refractivity contribution in [2.24, 2.45) is 0 Å². The zero-order chi connectivity index (χ0) is 21.3. The van der Waals surface area contributed by atoms with E-state index in [2.05, 4.69) is 5.32 Å². The SMILES string of the molecule is Cc1ccc(Cl)cc1NC(=O)c1cccc(S(=O)(=O)N2CCCc3ccccc32)c1. The third-order valence-corrected chi connectivity index (χ3v) is 7.24. The van der Waals surface area contributed by atoms with Crippen LogP contribution in [0.1, 0.15) is 27.9 Å². The lowest BCUT2D eigenvalue weighted by atomic mass is 10.0. The zero-order valence-electron chi connectivity index (χ0n) is 16.4. The molecule has 0 aromatic heterocycles. The van der Waals surface area contributed by atoms with Gasteiger partial charge in [0.25, 0.3) is 15.9 Å². The molecule has 7 heteroatoms. The van der Waals surface area contributed by atoms with E-state index < -0.39 is 15.9 Å². The van der Waals surface area contributed by atoms with E-state index in [9.17, 15) is 13.2 Å². The molecule has 0 aliphatic carbocycles. The summed E-state index contributed by atoms with van der Waals surface area (Å²) in [6.45, 7) is 2.28. The number of para-hydroxylation sites is 1. The van der Waals surface area contributed by atoms with Gasteiger partial charge in [0.15, 0.2) is 0 Å². The van der Waals surface area contributed by atoms with Crippen LogP contribution in [0.15, 0.2) is 71.6 Å². The maximum absolute atomic E-state index is 13.4. The molecule has 4 rings (SSSR count). The van der Waals surface area contributed by atoms with Crippen LogP contribution in [0.3, 0.4) is 0 Å². The minimum Gasteiger partial charge on any atom is -0.322 e. The van der Waals surface area contributed by atoms with Gasteiger partial charge in [-0.1, -0.05) is 41.9 Å². The average molecular weight is 441 g/mol. The summed E-state index contributed by atoms with van der Waals surface area (Å²) in [5, 5.41) is 3.32. The second kappa shape index (κ2) is 8.13. The molecule has 1 heterocycles. The van der Waals surface area contributed by atoms with Gasteiger partial charge in [0.05, 0.1) is 10.6 Å². The van der Waals surface area contributed by atoms with E-state index in [0.29, 0.717) is 22.9 Å². The third-order valence-electron chi connectivity index (χ3n) is 5.20. The molecule has 1 aliphatic heterocycles. The molecule has 0 fully saturated rings. The Balaban J connectivity index is 1.65. The summed E-state index contributed by atoms with van der Waals surface area (Å²) < 4.78 is 28.2. The molecule has 0 saturated carbocycles. The maximum atomic E-state index is 13.4. The van der Waals surface area contributed by atoms with Gasteiger partial charge in [0.2, 0.25) is 0 Å². The number of carbonyl (C=O) groups is 1. The van der Waals surface area contributed by atoms with Crippen molar-refractivity contribution in [3.05, 3.63) is 88.4 Å². The zero-order valence-corrected chi connectivity index (χ0v) is 18.0. The predicted octanol–water partition coefficient (Wildman–Crippen LogP) is 5.04. The van der Waals surface area contributed by atoms with E-state index in [1.807, 2.05) is 37.3 Å². The van der Waals surface area contributed by atoms with Crippen molar-refractivity contribution in [1.29, 1.82) is 0 Å². The average Bonchev–Trinajstić information content (AvgIpc) is 2.76. The standard InChI is InChI=1S/C23H21ClN2O3S/c1-16-11-12-19(24)15-21(16)25-23(27)18-7-4-9-20(14-18)30(28,29)26-13-5-8-17-6-2-3-10-22(17)26/h2-4,6-7,9-12,14-15H,5,8,13H2,1H3,(H,25,27). The molecular formula is C23H21ClN2O3S. The van der Waals surface area contributed by atoms with Crippen LogP contribution in [-0.2, 0) is 16.4 Å². The van der Waals surface area contributed by atoms with E-state index in [4.69, 9.17) is 11.6 Å². The Morgan fingerprint density at radius 1 is 1.03 bits per heavy atom. The Bertz CT molecular complexity index is 1220. The number of nitrogens with zero attached hydrogens (tertiary/aromatic N) is 1. The van der Waals surface area contributed by atoms with Crippen LogP contribution < -0.4 is 9.62 Å². The van der Waals surface area contributed by atoms with Gasteiger partial charge in [-0.15, -0.1) is 0 Å². The summed E-state index contributed by atoms with van der Waals surface area (Å²) >= 11 is 6.02. The first kappa shape index (κ1) is 20.4. The van der Waals surface area contributed by atoms with Gasteiger partial charge in [-0.2, -0.15) is 0 Å². The Morgan fingerprint density at radius 2 is 1.83 bits per heavy atom. The number of fused-ring (bicyclic) bond motifs is 1. The highest BCUT2D eigenvalue weighted by molar-refractivity contribution is 7.92. The molecule has 3 aromatic carbocycles. The first-order chi connectivity index (χ1) is 14.4. The molecule has 154 valence electrons. The number of rotatable bonds is 4. The number of sulfonamides is 1. The molecule has 3 aromatic rings. The fourth-order valence-electron chi connectivity index (χ4n) is 3.60. The number of hydrogen-bond acceptors (Lipinski definition) is 3. The van der Waals surface area contributed by atoms with Gasteiger partial charge in [0.1, 0.15) is 0 Å². The lowest BCUT2D eigenvalue weighted by Crippen LogP contribution is -2.35. The highest BCUT2D eigenvalue weighted by Crippen LogP contribution is 2.32. The minimum atomic E-state index is -3.79.